The van der Waals surface area contributed by atoms with Crippen molar-refractivity contribution >= 4 is 17.5 Å². The molecule has 1 heterocycles. The van der Waals surface area contributed by atoms with Gasteiger partial charge in [0, 0.05) is 29.9 Å². The molecule has 6 heteroatoms. The van der Waals surface area contributed by atoms with Crippen molar-refractivity contribution < 1.29 is 14.3 Å². The van der Waals surface area contributed by atoms with Gasteiger partial charge in [-0.3, -0.25) is 14.5 Å². The quantitative estimate of drug-likeness (QED) is 0.765. The van der Waals surface area contributed by atoms with Crippen molar-refractivity contribution in [1.29, 1.82) is 0 Å². The Hall–Kier alpha value is -3.12. The third kappa shape index (κ3) is 4.58. The number of hydrogen-bond acceptors (Lipinski definition) is 4. The van der Waals surface area contributed by atoms with Crippen LogP contribution in [0.25, 0.3) is 5.70 Å². The number of nitrogens with one attached hydrogen (secondary N) is 1. The summed E-state index contributed by atoms with van der Waals surface area (Å²) in [4.78, 5) is 28.2. The zero-order chi connectivity index (χ0) is 20.1. The second-order valence-electron chi connectivity index (χ2n) is 6.96. The lowest BCUT2D eigenvalue weighted by Crippen LogP contribution is -2.36. The van der Waals surface area contributed by atoms with Gasteiger partial charge in [-0.1, -0.05) is 36.9 Å². The molecule has 0 spiro atoms. The monoisotopic (exact) mass is 379 g/mol. The van der Waals surface area contributed by atoms with Crippen LogP contribution in [0.5, 0.6) is 5.75 Å². The first-order valence-electron chi connectivity index (χ1n) is 9.19. The summed E-state index contributed by atoms with van der Waals surface area (Å²) in [7, 11) is 4.00. The molecule has 1 aliphatic rings. The van der Waals surface area contributed by atoms with Gasteiger partial charge < -0.3 is 15.0 Å². The number of nitrogens with zero attached hydrogens (tertiary/aromatic N) is 2. The Morgan fingerprint density at radius 2 is 1.79 bits per heavy atom. The second kappa shape index (κ2) is 8.71. The van der Waals surface area contributed by atoms with Gasteiger partial charge in [-0.15, -0.1) is 0 Å². The maximum Gasteiger partial charge on any atom is 0.259 e. The van der Waals surface area contributed by atoms with Crippen LogP contribution in [-0.2, 0) is 11.3 Å². The molecule has 3 rings (SSSR count). The predicted octanol–water partition coefficient (Wildman–Crippen LogP) is 2.37. The van der Waals surface area contributed by atoms with Crippen molar-refractivity contribution in [2.45, 2.75) is 6.54 Å². The van der Waals surface area contributed by atoms with Gasteiger partial charge in [0.1, 0.15) is 18.9 Å². The number of rotatable bonds is 8. The molecule has 0 aromatic heterocycles. The van der Waals surface area contributed by atoms with E-state index in [0.29, 0.717) is 24.4 Å². The van der Waals surface area contributed by atoms with E-state index in [4.69, 9.17) is 4.74 Å². The van der Waals surface area contributed by atoms with Gasteiger partial charge in [0.2, 0.25) is 5.91 Å². The highest BCUT2D eigenvalue weighted by atomic mass is 16.5. The van der Waals surface area contributed by atoms with Crippen molar-refractivity contribution in [3.8, 4) is 5.75 Å². The molecule has 1 aliphatic heterocycles. The maximum atomic E-state index is 12.5. The van der Waals surface area contributed by atoms with E-state index in [2.05, 4.69) is 16.8 Å². The molecular weight excluding hydrogens is 354 g/mol. The van der Waals surface area contributed by atoms with Crippen LogP contribution in [0.1, 0.15) is 21.5 Å². The molecule has 1 N–H and O–H groups in total. The van der Waals surface area contributed by atoms with Crippen molar-refractivity contribution in [3.63, 3.8) is 0 Å². The molecule has 0 unspecified atom stereocenters. The molecule has 146 valence electrons. The summed E-state index contributed by atoms with van der Waals surface area (Å²) < 4.78 is 5.66. The Balaban J connectivity index is 1.48. The Morgan fingerprint density at radius 3 is 2.43 bits per heavy atom. The minimum absolute atomic E-state index is 0.0436. The summed E-state index contributed by atoms with van der Waals surface area (Å²) in [5, 5.41) is 2.85. The smallest absolute Gasteiger partial charge is 0.259 e. The molecule has 0 bridgehead atoms. The molecule has 0 saturated carbocycles. The molecule has 0 saturated heterocycles. The molecule has 6 nitrogen and oxygen atoms in total. The lowest BCUT2D eigenvalue weighted by Gasteiger charge is -2.17. The molecule has 2 aromatic carbocycles. The van der Waals surface area contributed by atoms with E-state index in [0.717, 1.165) is 23.4 Å². The number of likely N-dealkylation sites (N-methyl/N-ethyl adjacent to an activating group) is 1. The van der Waals surface area contributed by atoms with Crippen LogP contribution < -0.4 is 10.1 Å². The fourth-order valence-electron chi connectivity index (χ4n) is 2.95. The minimum Gasteiger partial charge on any atom is -0.492 e. The number of amides is 2. The highest BCUT2D eigenvalue weighted by molar-refractivity contribution is 6.10. The average Bonchev–Trinajstić information content (AvgIpc) is 2.92. The summed E-state index contributed by atoms with van der Waals surface area (Å²) in [5.74, 6) is 0.386. The fourth-order valence-corrected chi connectivity index (χ4v) is 2.95. The fraction of sp³-hybridized carbons (Fsp3) is 0.273. The van der Waals surface area contributed by atoms with Crippen LogP contribution >= 0.6 is 0 Å². The number of carbonyl (C=O) groups is 2. The third-order valence-corrected chi connectivity index (χ3v) is 4.56. The Bertz CT molecular complexity index is 840. The molecule has 0 fully saturated rings. The van der Waals surface area contributed by atoms with Gasteiger partial charge in [0.15, 0.2) is 0 Å². The lowest BCUT2D eigenvalue weighted by atomic mass is 10.1. The van der Waals surface area contributed by atoms with Crippen LogP contribution in [0.3, 0.4) is 0 Å². The van der Waals surface area contributed by atoms with Gasteiger partial charge in [-0.05, 0) is 37.9 Å². The first-order valence-corrected chi connectivity index (χ1v) is 9.19. The van der Waals surface area contributed by atoms with Gasteiger partial charge in [-0.2, -0.15) is 0 Å². The lowest BCUT2D eigenvalue weighted by molar-refractivity contribution is -0.121. The Labute approximate surface area is 165 Å². The Kier molecular flexibility index (Phi) is 6.11. The molecule has 0 aliphatic carbocycles. The highest BCUT2D eigenvalue weighted by Gasteiger charge is 2.31. The number of hydrogen-bond donors (Lipinski definition) is 1. The summed E-state index contributed by atoms with van der Waals surface area (Å²) in [6.07, 6.45) is 0. The molecule has 28 heavy (non-hydrogen) atoms. The first kappa shape index (κ1) is 19.6. The summed E-state index contributed by atoms with van der Waals surface area (Å²) in [5.41, 5.74) is 2.90. The Morgan fingerprint density at radius 1 is 1.11 bits per heavy atom. The second-order valence-corrected chi connectivity index (χ2v) is 6.96. The maximum absolute atomic E-state index is 12.5. The molecule has 0 atom stereocenters. The van der Waals surface area contributed by atoms with Gasteiger partial charge in [-0.25, -0.2) is 0 Å². The summed E-state index contributed by atoms with van der Waals surface area (Å²) in [6.45, 7) is 5.77. The van der Waals surface area contributed by atoms with Gasteiger partial charge in [0.25, 0.3) is 5.91 Å². The molecular formula is C22H25N3O3. The van der Waals surface area contributed by atoms with Crippen LogP contribution in [0, 0.1) is 0 Å². The van der Waals surface area contributed by atoms with Crippen LogP contribution in [0.2, 0.25) is 0 Å². The minimum atomic E-state index is -0.228. The summed E-state index contributed by atoms with van der Waals surface area (Å²) in [6, 6.07) is 14.9. The van der Waals surface area contributed by atoms with Crippen LogP contribution in [0.15, 0.2) is 55.1 Å². The molecule has 2 amide bonds. The first-order chi connectivity index (χ1) is 13.5. The van der Waals surface area contributed by atoms with Crippen LogP contribution in [-0.4, -0.2) is 55.4 Å². The summed E-state index contributed by atoms with van der Waals surface area (Å²) >= 11 is 0. The van der Waals surface area contributed by atoms with E-state index >= 15 is 0 Å². The van der Waals surface area contributed by atoms with Crippen molar-refractivity contribution in [2.75, 3.05) is 33.8 Å². The molecule has 2 aromatic rings. The van der Waals surface area contributed by atoms with E-state index in [1.165, 1.54) is 4.90 Å². The van der Waals surface area contributed by atoms with Crippen molar-refractivity contribution in [2.24, 2.45) is 0 Å². The molecule has 0 radical (unpaired) electrons. The van der Waals surface area contributed by atoms with Crippen molar-refractivity contribution in [3.05, 3.63) is 71.8 Å². The average molecular weight is 379 g/mol. The topological polar surface area (TPSA) is 61.9 Å². The van der Waals surface area contributed by atoms with E-state index in [9.17, 15) is 9.59 Å². The zero-order valence-corrected chi connectivity index (χ0v) is 16.3. The van der Waals surface area contributed by atoms with Gasteiger partial charge in [0.05, 0.1) is 0 Å². The number of benzene rings is 2. The standard InChI is InChI=1S/C22H25N3O3/c1-16-19-6-4-5-7-20(19)22(27)25(16)15-21(26)23-14-17-8-10-18(11-9-17)28-13-12-24(2)3/h4-11H,1,12-15H2,2-3H3,(H,23,26). The van der Waals surface area contributed by atoms with E-state index in [-0.39, 0.29) is 18.4 Å². The van der Waals surface area contributed by atoms with E-state index in [1.54, 1.807) is 6.07 Å². The van der Waals surface area contributed by atoms with E-state index < -0.39 is 0 Å². The third-order valence-electron chi connectivity index (χ3n) is 4.56. The SMILES string of the molecule is C=C1c2ccccc2C(=O)N1CC(=O)NCc1ccc(OCCN(C)C)cc1. The zero-order valence-electron chi connectivity index (χ0n) is 16.3. The van der Waals surface area contributed by atoms with Gasteiger partial charge >= 0.3 is 0 Å². The predicted molar refractivity (Wildman–Crippen MR) is 109 cm³/mol. The van der Waals surface area contributed by atoms with E-state index in [1.807, 2.05) is 56.6 Å². The largest absolute Gasteiger partial charge is 0.492 e. The van der Waals surface area contributed by atoms with Crippen LogP contribution in [0.4, 0.5) is 0 Å². The number of carbonyl (C=O) groups excluding carboxylic acids is 2. The number of fused-ring (bicyclic) bond motifs is 1. The normalized spacial score (nSPS) is 13.0. The van der Waals surface area contributed by atoms with Crippen molar-refractivity contribution in [1.82, 2.24) is 15.1 Å². The highest BCUT2D eigenvalue weighted by Crippen LogP contribution is 2.30. The number of ether oxygens (including phenoxy) is 1.